The molecule has 0 spiro atoms. The number of para-hydroxylation sites is 1. The zero-order valence-corrected chi connectivity index (χ0v) is 11.6. The summed E-state index contributed by atoms with van der Waals surface area (Å²) < 4.78 is 44.9. The lowest BCUT2D eigenvalue weighted by Gasteiger charge is -2.12. The van der Waals surface area contributed by atoms with E-state index in [1.807, 2.05) is 0 Å². The van der Waals surface area contributed by atoms with Gasteiger partial charge in [0, 0.05) is 6.54 Å². The lowest BCUT2D eigenvalue weighted by atomic mass is 10.2. The molecule has 0 bridgehead atoms. The van der Waals surface area contributed by atoms with Gasteiger partial charge < -0.3 is 9.84 Å². The first-order chi connectivity index (χ1) is 10.3. The third-order valence-corrected chi connectivity index (χ3v) is 2.92. The van der Waals surface area contributed by atoms with Crippen LogP contribution in [0, 0.1) is 0 Å². The summed E-state index contributed by atoms with van der Waals surface area (Å²) >= 11 is 0. The molecule has 2 aromatic rings. The number of carbonyl (C=O) groups is 1. The molecule has 1 N–H and O–H groups in total. The molecule has 1 aromatic heterocycles. The van der Waals surface area contributed by atoms with Crippen molar-refractivity contribution in [3.05, 3.63) is 47.3 Å². The van der Waals surface area contributed by atoms with Crippen LogP contribution >= 0.6 is 0 Å². The van der Waals surface area contributed by atoms with Gasteiger partial charge in [-0.3, -0.25) is 4.68 Å². The first kappa shape index (κ1) is 15.9. The number of alkyl halides is 3. The molecule has 0 saturated carbocycles. The molecule has 0 unspecified atom stereocenters. The van der Waals surface area contributed by atoms with E-state index in [0.29, 0.717) is 6.54 Å². The highest BCUT2D eigenvalue weighted by atomic mass is 19.4. The highest BCUT2D eigenvalue weighted by Crippen LogP contribution is 2.36. The van der Waals surface area contributed by atoms with Crippen molar-refractivity contribution in [3.63, 3.8) is 0 Å². The van der Waals surface area contributed by atoms with Crippen LogP contribution in [0.5, 0.6) is 5.75 Å². The van der Waals surface area contributed by atoms with Crippen molar-refractivity contribution in [2.45, 2.75) is 26.3 Å². The summed E-state index contributed by atoms with van der Waals surface area (Å²) in [6.45, 7) is 1.80. The summed E-state index contributed by atoms with van der Waals surface area (Å²) in [5.74, 6) is -1.48. The number of nitrogens with zero attached hydrogens (tertiary/aromatic N) is 2. The highest BCUT2D eigenvalue weighted by molar-refractivity contribution is 5.85. The number of aromatic carboxylic acids is 1. The van der Waals surface area contributed by atoms with E-state index in [0.717, 1.165) is 6.07 Å². The number of ether oxygens (including phenoxy) is 1. The standard InChI is InChI=1S/C14H13F3N2O3/c1-2-19-11(13(20)21)7-9(18-19)8-22-12-6-4-3-5-10(12)14(15,16)17/h3-7H,2,8H2,1H3,(H,20,21). The third kappa shape index (κ3) is 3.38. The molecule has 2 rings (SSSR count). The lowest BCUT2D eigenvalue weighted by molar-refractivity contribution is -0.139. The molecule has 0 aliphatic rings. The Bertz CT molecular complexity index is 680. The maximum absolute atomic E-state index is 12.8. The summed E-state index contributed by atoms with van der Waals surface area (Å²) in [5.41, 5.74) is -0.676. The average molecular weight is 314 g/mol. The predicted molar refractivity (Wildman–Crippen MR) is 70.6 cm³/mol. The van der Waals surface area contributed by atoms with E-state index in [4.69, 9.17) is 9.84 Å². The number of carboxylic acids is 1. The number of hydrogen-bond donors (Lipinski definition) is 1. The molecule has 1 heterocycles. The molecule has 22 heavy (non-hydrogen) atoms. The Morgan fingerprint density at radius 2 is 2.05 bits per heavy atom. The lowest BCUT2D eigenvalue weighted by Crippen LogP contribution is -2.09. The Balaban J connectivity index is 2.19. The summed E-state index contributed by atoms with van der Waals surface area (Å²) in [5, 5.41) is 13.0. The first-order valence-corrected chi connectivity index (χ1v) is 6.42. The van der Waals surface area contributed by atoms with Crippen molar-refractivity contribution in [3.8, 4) is 5.75 Å². The van der Waals surface area contributed by atoms with Gasteiger partial charge in [0.1, 0.15) is 23.7 Å². The van der Waals surface area contributed by atoms with Crippen LogP contribution in [0.1, 0.15) is 28.7 Å². The van der Waals surface area contributed by atoms with E-state index in [-0.39, 0.29) is 23.7 Å². The minimum absolute atomic E-state index is 0.0368. The molecule has 0 atom stereocenters. The van der Waals surface area contributed by atoms with Gasteiger partial charge >= 0.3 is 12.1 Å². The zero-order valence-electron chi connectivity index (χ0n) is 11.6. The number of carboxylic acid groups (broad SMARTS) is 1. The zero-order chi connectivity index (χ0) is 16.3. The van der Waals surface area contributed by atoms with Crippen molar-refractivity contribution in [2.75, 3.05) is 0 Å². The van der Waals surface area contributed by atoms with Crippen molar-refractivity contribution < 1.29 is 27.8 Å². The minimum Gasteiger partial charge on any atom is -0.487 e. The van der Waals surface area contributed by atoms with Crippen molar-refractivity contribution in [2.24, 2.45) is 0 Å². The predicted octanol–water partition coefficient (Wildman–Crippen LogP) is 3.20. The SMILES string of the molecule is CCn1nc(COc2ccccc2C(F)(F)F)cc1C(=O)O. The van der Waals surface area contributed by atoms with Crippen LogP contribution in [0.15, 0.2) is 30.3 Å². The fourth-order valence-electron chi connectivity index (χ4n) is 1.93. The molecule has 0 radical (unpaired) electrons. The van der Waals surface area contributed by atoms with Gasteiger partial charge in [-0.25, -0.2) is 4.79 Å². The van der Waals surface area contributed by atoms with Crippen molar-refractivity contribution in [1.82, 2.24) is 9.78 Å². The second-order valence-corrected chi connectivity index (χ2v) is 4.42. The molecule has 8 heteroatoms. The van der Waals surface area contributed by atoms with Gasteiger partial charge in [-0.15, -0.1) is 0 Å². The van der Waals surface area contributed by atoms with Gasteiger partial charge in [-0.2, -0.15) is 18.3 Å². The highest BCUT2D eigenvalue weighted by Gasteiger charge is 2.34. The van der Waals surface area contributed by atoms with E-state index in [9.17, 15) is 18.0 Å². The normalized spacial score (nSPS) is 11.5. The van der Waals surface area contributed by atoms with Gasteiger partial charge in [-0.05, 0) is 25.1 Å². The summed E-state index contributed by atoms with van der Waals surface area (Å²) in [6, 6.07) is 6.10. The Labute approximate surface area is 123 Å². The Kier molecular flexibility index (Phi) is 4.39. The number of aryl methyl sites for hydroxylation is 1. The second kappa shape index (κ2) is 6.08. The Morgan fingerprint density at radius 3 is 2.59 bits per heavy atom. The van der Waals surface area contributed by atoms with Crippen LogP contribution in [0.2, 0.25) is 0 Å². The average Bonchev–Trinajstić information content (AvgIpc) is 2.88. The molecule has 0 aliphatic carbocycles. The molecule has 0 saturated heterocycles. The molecule has 1 aromatic carbocycles. The first-order valence-electron chi connectivity index (χ1n) is 6.42. The van der Waals surface area contributed by atoms with E-state index in [2.05, 4.69) is 5.10 Å². The van der Waals surface area contributed by atoms with Gasteiger partial charge in [0.2, 0.25) is 0 Å². The summed E-state index contributed by atoms with van der Waals surface area (Å²) in [6.07, 6.45) is -4.52. The van der Waals surface area contributed by atoms with E-state index in [1.165, 1.54) is 28.9 Å². The molecule has 0 aliphatic heterocycles. The van der Waals surface area contributed by atoms with Gasteiger partial charge in [0.25, 0.3) is 0 Å². The second-order valence-electron chi connectivity index (χ2n) is 4.42. The van der Waals surface area contributed by atoms with Crippen LogP contribution < -0.4 is 4.74 Å². The van der Waals surface area contributed by atoms with Crippen LogP contribution in [0.3, 0.4) is 0 Å². The molecular formula is C14H13F3N2O3. The fraction of sp³-hybridized carbons (Fsp3) is 0.286. The van der Waals surface area contributed by atoms with Crippen molar-refractivity contribution in [1.29, 1.82) is 0 Å². The topological polar surface area (TPSA) is 64.4 Å². The molecule has 0 amide bonds. The van der Waals surface area contributed by atoms with Gasteiger partial charge in [0.05, 0.1) is 5.56 Å². The van der Waals surface area contributed by atoms with E-state index >= 15 is 0 Å². The number of aromatic nitrogens is 2. The number of benzene rings is 1. The quantitative estimate of drug-likeness (QED) is 0.920. The van der Waals surface area contributed by atoms with Crippen LogP contribution in [0.25, 0.3) is 0 Å². The Hall–Kier alpha value is -2.51. The van der Waals surface area contributed by atoms with Crippen LogP contribution in [-0.2, 0) is 19.3 Å². The van der Waals surface area contributed by atoms with Gasteiger partial charge in [-0.1, -0.05) is 12.1 Å². The molecular weight excluding hydrogens is 301 g/mol. The van der Waals surface area contributed by atoms with Crippen LogP contribution in [0.4, 0.5) is 13.2 Å². The Morgan fingerprint density at radius 1 is 1.36 bits per heavy atom. The van der Waals surface area contributed by atoms with Crippen molar-refractivity contribution >= 4 is 5.97 Å². The van der Waals surface area contributed by atoms with E-state index < -0.39 is 17.7 Å². The monoisotopic (exact) mass is 314 g/mol. The fourth-order valence-corrected chi connectivity index (χ4v) is 1.93. The smallest absolute Gasteiger partial charge is 0.419 e. The van der Waals surface area contributed by atoms with Crippen LogP contribution in [-0.4, -0.2) is 20.9 Å². The molecule has 5 nitrogen and oxygen atoms in total. The number of hydrogen-bond acceptors (Lipinski definition) is 3. The maximum Gasteiger partial charge on any atom is 0.419 e. The maximum atomic E-state index is 12.8. The number of rotatable bonds is 5. The number of halogens is 3. The summed E-state index contributed by atoms with van der Waals surface area (Å²) in [7, 11) is 0. The molecule has 0 fully saturated rings. The minimum atomic E-state index is -4.52. The van der Waals surface area contributed by atoms with Gasteiger partial charge in [0.15, 0.2) is 0 Å². The van der Waals surface area contributed by atoms with E-state index in [1.54, 1.807) is 6.92 Å². The summed E-state index contributed by atoms with van der Waals surface area (Å²) in [4.78, 5) is 11.0. The largest absolute Gasteiger partial charge is 0.487 e. The molecule has 118 valence electrons. The third-order valence-electron chi connectivity index (χ3n) is 2.92.